The lowest BCUT2D eigenvalue weighted by Gasteiger charge is -2.29. The zero-order chi connectivity index (χ0) is 17.3. The Balaban J connectivity index is 1.72. The van der Waals surface area contributed by atoms with Crippen LogP contribution in [-0.4, -0.2) is 5.11 Å². The number of benzene rings is 3. The van der Waals surface area contributed by atoms with Gasteiger partial charge in [0.05, 0.1) is 0 Å². The van der Waals surface area contributed by atoms with E-state index in [0.29, 0.717) is 0 Å². The Labute approximate surface area is 156 Å². The molecule has 25 heavy (non-hydrogen) atoms. The van der Waals surface area contributed by atoms with Crippen molar-refractivity contribution >= 4 is 22.0 Å². The van der Waals surface area contributed by atoms with E-state index in [2.05, 4.69) is 34.1 Å². The number of hydrogen-bond donors (Lipinski definition) is 1. The number of aliphatic hydroxyl groups is 1. The smallest absolute Gasteiger partial charge is 0.121 e. The van der Waals surface area contributed by atoms with Crippen LogP contribution >= 0.6 is 15.9 Å². The first-order valence-corrected chi connectivity index (χ1v) is 9.26. The van der Waals surface area contributed by atoms with Crippen LogP contribution in [0.2, 0.25) is 0 Å². The van der Waals surface area contributed by atoms with Gasteiger partial charge in [-0.2, -0.15) is 0 Å². The summed E-state index contributed by atoms with van der Waals surface area (Å²) in [4.78, 5) is 0. The maximum absolute atomic E-state index is 11.7. The van der Waals surface area contributed by atoms with Gasteiger partial charge in [0.1, 0.15) is 5.60 Å². The van der Waals surface area contributed by atoms with Gasteiger partial charge in [-0.1, -0.05) is 100 Å². The Morgan fingerprint density at radius 3 is 1.84 bits per heavy atom. The van der Waals surface area contributed by atoms with Crippen LogP contribution in [0.4, 0.5) is 0 Å². The normalized spacial score (nSPS) is 18.3. The summed E-state index contributed by atoms with van der Waals surface area (Å²) in [7, 11) is 0. The molecule has 1 aliphatic rings. The first-order valence-electron chi connectivity index (χ1n) is 8.47. The van der Waals surface area contributed by atoms with Crippen molar-refractivity contribution in [1.29, 1.82) is 0 Å². The molecule has 0 aliphatic heterocycles. The van der Waals surface area contributed by atoms with Gasteiger partial charge in [-0.15, -0.1) is 0 Å². The van der Waals surface area contributed by atoms with Gasteiger partial charge in [0, 0.05) is 10.4 Å². The summed E-state index contributed by atoms with van der Waals surface area (Å²) >= 11 is 3.47. The quantitative estimate of drug-likeness (QED) is 0.597. The van der Waals surface area contributed by atoms with E-state index in [9.17, 15) is 5.11 Å². The highest BCUT2D eigenvalue weighted by molar-refractivity contribution is 9.10. The molecule has 1 fully saturated rings. The Hall–Kier alpha value is -2.16. The summed E-state index contributed by atoms with van der Waals surface area (Å²) in [6.45, 7) is 0. The fourth-order valence-electron chi connectivity index (χ4n) is 3.48. The molecule has 2 heteroatoms. The molecule has 1 saturated carbocycles. The maximum atomic E-state index is 11.7. The van der Waals surface area contributed by atoms with Gasteiger partial charge in [0.2, 0.25) is 0 Å². The SMILES string of the molecule is OC(c1ccccc1)(c1ccccc1)C1C/C1=C/c1ccc(Br)cc1. The third-order valence-corrected chi connectivity index (χ3v) is 5.41. The monoisotopic (exact) mass is 390 g/mol. The molecule has 0 aromatic heterocycles. The predicted molar refractivity (Wildman–Crippen MR) is 106 cm³/mol. The molecule has 0 heterocycles. The Morgan fingerprint density at radius 1 is 0.800 bits per heavy atom. The number of rotatable bonds is 4. The average molecular weight is 391 g/mol. The van der Waals surface area contributed by atoms with Crippen molar-refractivity contribution in [3.63, 3.8) is 0 Å². The molecule has 0 bridgehead atoms. The van der Waals surface area contributed by atoms with Gasteiger partial charge >= 0.3 is 0 Å². The molecule has 1 nitrogen and oxygen atoms in total. The number of halogens is 1. The van der Waals surface area contributed by atoms with E-state index in [1.54, 1.807) is 0 Å². The van der Waals surface area contributed by atoms with E-state index >= 15 is 0 Å². The van der Waals surface area contributed by atoms with Gasteiger partial charge in [-0.25, -0.2) is 0 Å². The Bertz CT molecular complexity index is 843. The summed E-state index contributed by atoms with van der Waals surface area (Å²) in [5, 5.41) is 11.7. The van der Waals surface area contributed by atoms with Crippen LogP contribution in [0.1, 0.15) is 23.1 Å². The maximum Gasteiger partial charge on any atom is 0.121 e. The molecular formula is C23H19BrO. The molecule has 1 unspecified atom stereocenters. The lowest BCUT2D eigenvalue weighted by Crippen LogP contribution is -2.30. The zero-order valence-corrected chi connectivity index (χ0v) is 15.4. The van der Waals surface area contributed by atoms with Crippen LogP contribution in [0.25, 0.3) is 6.08 Å². The molecule has 3 aromatic rings. The largest absolute Gasteiger partial charge is 0.380 e. The third-order valence-electron chi connectivity index (χ3n) is 4.88. The highest BCUT2D eigenvalue weighted by atomic mass is 79.9. The van der Waals surface area contributed by atoms with Crippen molar-refractivity contribution in [3.8, 4) is 0 Å². The first kappa shape index (κ1) is 16.3. The van der Waals surface area contributed by atoms with Crippen molar-refractivity contribution in [1.82, 2.24) is 0 Å². The second-order valence-corrected chi connectivity index (χ2v) is 7.44. The fraction of sp³-hybridized carbons (Fsp3) is 0.130. The van der Waals surface area contributed by atoms with E-state index in [4.69, 9.17) is 0 Å². The van der Waals surface area contributed by atoms with Gasteiger partial charge in [0.25, 0.3) is 0 Å². The number of hydrogen-bond acceptors (Lipinski definition) is 1. The second-order valence-electron chi connectivity index (χ2n) is 6.53. The van der Waals surface area contributed by atoms with E-state index in [0.717, 1.165) is 22.0 Å². The van der Waals surface area contributed by atoms with Gasteiger partial charge in [-0.3, -0.25) is 0 Å². The fourth-order valence-corrected chi connectivity index (χ4v) is 3.74. The lowest BCUT2D eigenvalue weighted by atomic mass is 9.82. The molecule has 0 spiro atoms. The molecule has 3 aromatic carbocycles. The predicted octanol–water partition coefficient (Wildman–Crippen LogP) is 5.79. The molecule has 1 atom stereocenters. The third kappa shape index (κ3) is 3.20. The van der Waals surface area contributed by atoms with Crippen molar-refractivity contribution in [2.75, 3.05) is 0 Å². The average Bonchev–Trinajstić information content (AvgIpc) is 3.44. The zero-order valence-electron chi connectivity index (χ0n) is 13.8. The molecule has 4 rings (SSSR count). The molecule has 0 radical (unpaired) electrons. The second kappa shape index (κ2) is 6.62. The highest BCUT2D eigenvalue weighted by Gasteiger charge is 2.49. The standard InChI is InChI=1S/C23H19BrO/c24-21-13-11-17(12-14-21)15-18-16-22(18)23(25,19-7-3-1-4-8-19)20-9-5-2-6-10-20/h1-15,22,25H,16H2/b18-15-. The van der Waals surface area contributed by atoms with Crippen molar-refractivity contribution in [2.24, 2.45) is 5.92 Å². The summed E-state index contributed by atoms with van der Waals surface area (Å²) in [5.41, 5.74) is 3.38. The molecule has 0 saturated heterocycles. The summed E-state index contributed by atoms with van der Waals surface area (Å²) < 4.78 is 1.08. The summed E-state index contributed by atoms with van der Waals surface area (Å²) in [5.74, 6) is 0.112. The van der Waals surface area contributed by atoms with Gasteiger partial charge < -0.3 is 5.11 Å². The van der Waals surface area contributed by atoms with E-state index < -0.39 is 5.60 Å². The Morgan fingerprint density at radius 2 is 1.32 bits per heavy atom. The van der Waals surface area contributed by atoms with Crippen molar-refractivity contribution in [2.45, 2.75) is 12.0 Å². The minimum atomic E-state index is -0.982. The summed E-state index contributed by atoms with van der Waals surface area (Å²) in [6.07, 6.45) is 3.12. The minimum Gasteiger partial charge on any atom is -0.380 e. The van der Waals surface area contributed by atoms with Crippen LogP contribution in [-0.2, 0) is 5.60 Å². The van der Waals surface area contributed by atoms with E-state index in [1.807, 2.05) is 72.8 Å². The molecule has 1 aliphatic carbocycles. The highest BCUT2D eigenvalue weighted by Crippen LogP contribution is 2.54. The van der Waals surface area contributed by atoms with Crippen molar-refractivity contribution < 1.29 is 5.11 Å². The topological polar surface area (TPSA) is 20.2 Å². The van der Waals surface area contributed by atoms with Crippen LogP contribution in [0.3, 0.4) is 0 Å². The molecule has 1 N–H and O–H groups in total. The van der Waals surface area contributed by atoms with Gasteiger partial charge in [0.15, 0.2) is 0 Å². The van der Waals surface area contributed by atoms with E-state index in [1.165, 1.54) is 11.1 Å². The molecular weight excluding hydrogens is 372 g/mol. The first-order chi connectivity index (χ1) is 12.2. The molecule has 124 valence electrons. The summed E-state index contributed by atoms with van der Waals surface area (Å²) in [6, 6.07) is 28.3. The van der Waals surface area contributed by atoms with Crippen LogP contribution < -0.4 is 0 Å². The minimum absolute atomic E-state index is 0.112. The van der Waals surface area contributed by atoms with Gasteiger partial charge in [-0.05, 0) is 35.2 Å². The van der Waals surface area contributed by atoms with Crippen LogP contribution in [0.5, 0.6) is 0 Å². The van der Waals surface area contributed by atoms with Crippen molar-refractivity contribution in [3.05, 3.63) is 112 Å². The Kier molecular flexibility index (Phi) is 4.32. The van der Waals surface area contributed by atoms with Crippen LogP contribution in [0, 0.1) is 5.92 Å². The van der Waals surface area contributed by atoms with Crippen LogP contribution in [0.15, 0.2) is 95.0 Å². The molecule has 0 amide bonds. The lowest BCUT2D eigenvalue weighted by molar-refractivity contribution is 0.0612. The van der Waals surface area contributed by atoms with E-state index in [-0.39, 0.29) is 5.92 Å².